The number of hydrogen-bond acceptors (Lipinski definition) is 2. The van der Waals surface area contributed by atoms with Gasteiger partial charge >= 0.3 is 0 Å². The van der Waals surface area contributed by atoms with E-state index in [4.69, 9.17) is 11.6 Å². The Labute approximate surface area is 126 Å². The van der Waals surface area contributed by atoms with Gasteiger partial charge in [-0.1, -0.05) is 25.4 Å². The first-order valence-electron chi connectivity index (χ1n) is 7.47. The van der Waals surface area contributed by atoms with Crippen LogP contribution in [-0.2, 0) is 0 Å². The summed E-state index contributed by atoms with van der Waals surface area (Å²) in [5.41, 5.74) is 0.750. The lowest BCUT2D eigenvalue weighted by Crippen LogP contribution is -2.45. The summed E-state index contributed by atoms with van der Waals surface area (Å²) >= 11 is 6.06. The van der Waals surface area contributed by atoms with Gasteiger partial charge in [-0.2, -0.15) is 0 Å². The van der Waals surface area contributed by atoms with Crippen LogP contribution in [0.1, 0.15) is 38.3 Å². The van der Waals surface area contributed by atoms with Gasteiger partial charge in [0.15, 0.2) is 0 Å². The van der Waals surface area contributed by atoms with Crippen LogP contribution < -0.4 is 5.32 Å². The molecule has 0 bridgehead atoms. The molecule has 0 spiro atoms. The molecule has 0 radical (unpaired) electrons. The van der Waals surface area contributed by atoms with Crippen LogP contribution in [0.4, 0.5) is 4.39 Å². The lowest BCUT2D eigenvalue weighted by Gasteiger charge is -2.36. The molecule has 1 N–H and O–H groups in total. The van der Waals surface area contributed by atoms with Crippen LogP contribution in [0, 0.1) is 11.7 Å². The second-order valence-corrected chi connectivity index (χ2v) is 6.38. The summed E-state index contributed by atoms with van der Waals surface area (Å²) in [7, 11) is 0. The molecule has 4 heteroatoms. The normalized spacial score (nSPS) is 18.4. The van der Waals surface area contributed by atoms with Crippen molar-refractivity contribution in [1.82, 2.24) is 10.2 Å². The molecular formula is C16H24ClFN2. The van der Waals surface area contributed by atoms with Crippen LogP contribution >= 0.6 is 11.6 Å². The van der Waals surface area contributed by atoms with E-state index < -0.39 is 0 Å². The highest BCUT2D eigenvalue weighted by Crippen LogP contribution is 2.31. The third-order valence-corrected chi connectivity index (χ3v) is 4.16. The Kier molecular flexibility index (Phi) is 5.82. The van der Waals surface area contributed by atoms with Crippen molar-refractivity contribution >= 4 is 11.6 Å². The Morgan fingerprint density at radius 3 is 2.60 bits per heavy atom. The van der Waals surface area contributed by atoms with Crippen molar-refractivity contribution in [2.24, 2.45) is 5.92 Å². The van der Waals surface area contributed by atoms with Gasteiger partial charge < -0.3 is 5.32 Å². The van der Waals surface area contributed by atoms with Crippen molar-refractivity contribution in [2.45, 2.75) is 32.7 Å². The third-order valence-electron chi connectivity index (χ3n) is 3.93. The van der Waals surface area contributed by atoms with E-state index in [0.29, 0.717) is 10.9 Å². The smallest absolute Gasteiger partial charge is 0.128 e. The molecule has 0 saturated carbocycles. The van der Waals surface area contributed by atoms with Gasteiger partial charge in [-0.25, -0.2) is 4.39 Å². The number of nitrogens with one attached hydrogen (secondary N) is 1. The van der Waals surface area contributed by atoms with Gasteiger partial charge in [-0.05, 0) is 37.0 Å². The van der Waals surface area contributed by atoms with Gasteiger partial charge in [0.25, 0.3) is 0 Å². The van der Waals surface area contributed by atoms with Crippen molar-refractivity contribution in [2.75, 3.05) is 26.2 Å². The quantitative estimate of drug-likeness (QED) is 0.888. The minimum atomic E-state index is -0.137. The van der Waals surface area contributed by atoms with E-state index in [1.165, 1.54) is 6.07 Å². The summed E-state index contributed by atoms with van der Waals surface area (Å²) in [6.07, 6.45) is 2.08. The molecule has 1 aliphatic heterocycles. The summed E-state index contributed by atoms with van der Waals surface area (Å²) in [6.45, 7) is 8.30. The zero-order valence-electron chi connectivity index (χ0n) is 12.3. The van der Waals surface area contributed by atoms with Gasteiger partial charge in [0.2, 0.25) is 0 Å². The Bertz CT molecular complexity index is 430. The highest BCUT2D eigenvalue weighted by atomic mass is 35.5. The van der Waals surface area contributed by atoms with Gasteiger partial charge in [0, 0.05) is 42.8 Å². The predicted molar refractivity (Wildman–Crippen MR) is 82.7 cm³/mol. The summed E-state index contributed by atoms with van der Waals surface area (Å²) < 4.78 is 14.2. The highest BCUT2D eigenvalue weighted by Gasteiger charge is 2.24. The van der Waals surface area contributed by atoms with Crippen LogP contribution in [-0.4, -0.2) is 31.1 Å². The first-order valence-corrected chi connectivity index (χ1v) is 7.85. The lowest BCUT2D eigenvalue weighted by molar-refractivity contribution is 0.156. The second kappa shape index (κ2) is 7.39. The molecule has 20 heavy (non-hydrogen) atoms. The van der Waals surface area contributed by atoms with Crippen LogP contribution in [0.2, 0.25) is 5.02 Å². The number of benzene rings is 1. The molecule has 2 nitrogen and oxygen atoms in total. The topological polar surface area (TPSA) is 15.3 Å². The van der Waals surface area contributed by atoms with Crippen molar-refractivity contribution in [1.29, 1.82) is 0 Å². The zero-order valence-corrected chi connectivity index (χ0v) is 13.1. The number of hydrogen-bond donors (Lipinski definition) is 1. The van der Waals surface area contributed by atoms with E-state index in [2.05, 4.69) is 24.1 Å². The van der Waals surface area contributed by atoms with Crippen molar-refractivity contribution in [3.8, 4) is 0 Å². The van der Waals surface area contributed by atoms with Crippen molar-refractivity contribution in [3.63, 3.8) is 0 Å². The van der Waals surface area contributed by atoms with E-state index in [9.17, 15) is 4.39 Å². The van der Waals surface area contributed by atoms with Crippen molar-refractivity contribution < 1.29 is 4.39 Å². The summed E-state index contributed by atoms with van der Waals surface area (Å²) in [4.78, 5) is 2.38. The van der Waals surface area contributed by atoms with E-state index in [-0.39, 0.29) is 11.9 Å². The molecule has 1 heterocycles. The molecule has 1 atom stereocenters. The van der Waals surface area contributed by atoms with E-state index >= 15 is 0 Å². The molecule has 1 saturated heterocycles. The number of rotatable bonds is 5. The molecule has 1 aromatic rings. The monoisotopic (exact) mass is 298 g/mol. The Balaban J connectivity index is 2.21. The summed E-state index contributed by atoms with van der Waals surface area (Å²) in [5, 5.41) is 3.97. The predicted octanol–water partition coefficient (Wildman–Crippen LogP) is 3.86. The Morgan fingerprint density at radius 1 is 1.25 bits per heavy atom. The van der Waals surface area contributed by atoms with Crippen LogP contribution in [0.3, 0.4) is 0 Å². The SMILES string of the molecule is CC(C)CC[C@@H](c1cc(Cl)ccc1F)N1CCNCC1. The Hall–Kier alpha value is -0.640. The van der Waals surface area contributed by atoms with E-state index in [0.717, 1.165) is 44.6 Å². The molecule has 2 rings (SSSR count). The molecule has 1 aliphatic rings. The van der Waals surface area contributed by atoms with Gasteiger partial charge in [0.05, 0.1) is 0 Å². The molecular weight excluding hydrogens is 275 g/mol. The van der Waals surface area contributed by atoms with Gasteiger partial charge in [0.1, 0.15) is 5.82 Å². The van der Waals surface area contributed by atoms with E-state index in [1.54, 1.807) is 12.1 Å². The fourth-order valence-electron chi connectivity index (χ4n) is 2.79. The molecule has 0 aromatic heterocycles. The highest BCUT2D eigenvalue weighted by molar-refractivity contribution is 6.30. The minimum absolute atomic E-state index is 0.137. The molecule has 0 amide bonds. The van der Waals surface area contributed by atoms with Crippen LogP contribution in [0.25, 0.3) is 0 Å². The third kappa shape index (κ3) is 4.18. The van der Waals surface area contributed by atoms with Gasteiger partial charge in [-0.3, -0.25) is 4.90 Å². The molecule has 1 fully saturated rings. The zero-order chi connectivity index (χ0) is 14.5. The second-order valence-electron chi connectivity index (χ2n) is 5.94. The Morgan fingerprint density at radius 2 is 1.95 bits per heavy atom. The number of halogens is 2. The number of piperazine rings is 1. The first kappa shape index (κ1) is 15.7. The molecule has 0 unspecified atom stereocenters. The van der Waals surface area contributed by atoms with Gasteiger partial charge in [-0.15, -0.1) is 0 Å². The maximum Gasteiger partial charge on any atom is 0.128 e. The summed E-state index contributed by atoms with van der Waals surface area (Å²) in [6, 6.07) is 5.04. The first-order chi connectivity index (χ1) is 9.58. The average Bonchev–Trinajstić information content (AvgIpc) is 2.43. The minimum Gasteiger partial charge on any atom is -0.314 e. The number of nitrogens with zero attached hydrogens (tertiary/aromatic N) is 1. The molecule has 112 valence electrons. The lowest BCUT2D eigenvalue weighted by atomic mass is 9.95. The fraction of sp³-hybridized carbons (Fsp3) is 0.625. The summed E-state index contributed by atoms with van der Waals surface area (Å²) in [5.74, 6) is 0.490. The van der Waals surface area contributed by atoms with Crippen LogP contribution in [0.5, 0.6) is 0 Å². The van der Waals surface area contributed by atoms with Crippen molar-refractivity contribution in [3.05, 3.63) is 34.6 Å². The standard InChI is InChI=1S/C16H24ClFN2/c1-12(2)3-6-16(20-9-7-19-8-10-20)14-11-13(17)4-5-15(14)18/h4-5,11-12,16,19H,3,6-10H2,1-2H3/t16-/m0/s1. The average molecular weight is 299 g/mol. The molecule has 1 aromatic carbocycles. The maximum atomic E-state index is 14.2. The van der Waals surface area contributed by atoms with Crippen LogP contribution in [0.15, 0.2) is 18.2 Å². The largest absolute Gasteiger partial charge is 0.314 e. The fourth-order valence-corrected chi connectivity index (χ4v) is 2.97. The maximum absolute atomic E-state index is 14.2. The molecule has 0 aliphatic carbocycles. The van der Waals surface area contributed by atoms with E-state index in [1.807, 2.05) is 0 Å².